The molecule has 2 rings (SSSR count). The fourth-order valence-electron chi connectivity index (χ4n) is 4.35. The predicted molar refractivity (Wildman–Crippen MR) is 153 cm³/mol. The Hall–Kier alpha value is -2.62. The van der Waals surface area contributed by atoms with E-state index < -0.39 is 0 Å². The number of esters is 2. The molecule has 0 aliphatic rings. The van der Waals surface area contributed by atoms with Gasteiger partial charge in [-0.25, -0.2) is 0 Å². The highest BCUT2D eigenvalue weighted by atomic mass is 16.5. The van der Waals surface area contributed by atoms with Gasteiger partial charge in [0, 0.05) is 42.5 Å². The molecule has 0 aliphatic heterocycles. The van der Waals surface area contributed by atoms with E-state index in [2.05, 4.69) is 107 Å². The van der Waals surface area contributed by atoms with Gasteiger partial charge in [-0.1, -0.05) is 107 Å². The van der Waals surface area contributed by atoms with Crippen LogP contribution in [0.15, 0.2) is 24.3 Å². The number of ether oxygens (including phenoxy) is 2. The summed E-state index contributed by atoms with van der Waals surface area (Å²) in [6.07, 6.45) is 0.464. The van der Waals surface area contributed by atoms with Crippen LogP contribution in [0.25, 0.3) is 0 Å². The molecule has 4 heteroatoms. The smallest absolute Gasteiger partial charge is 0.308 e. The first kappa shape index (κ1) is 30.6. The summed E-state index contributed by atoms with van der Waals surface area (Å²) in [6, 6.07) is 8.62. The Morgan fingerprint density at radius 3 is 1.05 bits per heavy atom. The summed E-state index contributed by atoms with van der Waals surface area (Å²) in [4.78, 5) is 24.5. The largest absolute Gasteiger partial charge is 0.426 e. The molecule has 0 heterocycles. The monoisotopic (exact) mass is 508 g/mol. The molecule has 2 aromatic carbocycles. The maximum absolute atomic E-state index is 12.3. The summed E-state index contributed by atoms with van der Waals surface area (Å²) in [5, 5.41) is 0. The molecule has 0 aliphatic carbocycles. The van der Waals surface area contributed by atoms with Gasteiger partial charge in [0.1, 0.15) is 11.5 Å². The standard InChI is InChI=1S/C33H48O4/c1-20(34)36-28-22(16-24(30(3,4)5)18-26(28)32(9,10)11)15-23-17-25(31(6,7)8)19-27(33(12,13)14)29(23)37-21(2)35/h16-19H,15H2,1-14H3. The van der Waals surface area contributed by atoms with Gasteiger partial charge in [0.05, 0.1) is 0 Å². The summed E-state index contributed by atoms with van der Waals surface area (Å²) in [5.74, 6) is 0.490. The first-order chi connectivity index (χ1) is 16.5. The number of hydrogen-bond acceptors (Lipinski definition) is 4. The second-order valence-corrected chi connectivity index (χ2v) is 14.4. The zero-order chi connectivity index (χ0) is 28.7. The second-order valence-electron chi connectivity index (χ2n) is 14.4. The van der Waals surface area contributed by atoms with E-state index in [1.165, 1.54) is 25.0 Å². The van der Waals surface area contributed by atoms with Crippen LogP contribution in [0.3, 0.4) is 0 Å². The Bertz CT molecular complexity index is 1080. The molecule has 0 bridgehead atoms. The van der Waals surface area contributed by atoms with Crippen molar-refractivity contribution in [3.8, 4) is 11.5 Å². The van der Waals surface area contributed by atoms with Gasteiger partial charge in [-0.2, -0.15) is 0 Å². The third-order valence-electron chi connectivity index (χ3n) is 6.55. The highest BCUT2D eigenvalue weighted by molar-refractivity contribution is 5.73. The quantitative estimate of drug-likeness (QED) is 0.308. The van der Waals surface area contributed by atoms with E-state index in [4.69, 9.17) is 9.47 Å². The summed E-state index contributed by atoms with van der Waals surface area (Å²) in [5.41, 5.74) is 5.42. The molecule has 204 valence electrons. The number of rotatable bonds is 4. The highest BCUT2D eigenvalue weighted by Gasteiger charge is 2.30. The van der Waals surface area contributed by atoms with E-state index in [9.17, 15) is 9.59 Å². The normalized spacial score (nSPS) is 12.9. The van der Waals surface area contributed by atoms with E-state index in [0.717, 1.165) is 22.3 Å². The molecule has 4 nitrogen and oxygen atoms in total. The molecule has 0 aromatic heterocycles. The van der Waals surface area contributed by atoms with Crippen molar-refractivity contribution < 1.29 is 19.1 Å². The van der Waals surface area contributed by atoms with Gasteiger partial charge in [-0.3, -0.25) is 9.59 Å². The van der Waals surface area contributed by atoms with Crippen LogP contribution in [-0.4, -0.2) is 11.9 Å². The number of benzene rings is 2. The van der Waals surface area contributed by atoms with Crippen molar-refractivity contribution in [1.29, 1.82) is 0 Å². The van der Waals surface area contributed by atoms with Crippen molar-refractivity contribution in [2.75, 3.05) is 0 Å². The maximum Gasteiger partial charge on any atom is 0.308 e. The second kappa shape index (κ2) is 10.3. The first-order valence-electron chi connectivity index (χ1n) is 13.2. The minimum atomic E-state index is -0.353. The number of carbonyl (C=O) groups is 2. The number of hydrogen-bond donors (Lipinski definition) is 0. The van der Waals surface area contributed by atoms with Crippen molar-refractivity contribution in [3.05, 3.63) is 57.6 Å². The van der Waals surface area contributed by atoms with E-state index in [0.29, 0.717) is 17.9 Å². The molecule has 0 unspecified atom stereocenters. The fourth-order valence-corrected chi connectivity index (χ4v) is 4.35. The lowest BCUT2D eigenvalue weighted by atomic mass is 9.76. The van der Waals surface area contributed by atoms with Gasteiger partial charge < -0.3 is 9.47 Å². The van der Waals surface area contributed by atoms with Crippen molar-refractivity contribution in [3.63, 3.8) is 0 Å². The minimum absolute atomic E-state index is 0.105. The Morgan fingerprint density at radius 1 is 0.541 bits per heavy atom. The van der Waals surface area contributed by atoms with E-state index in [-0.39, 0.29) is 33.6 Å². The van der Waals surface area contributed by atoms with Gasteiger partial charge in [0.25, 0.3) is 0 Å². The van der Waals surface area contributed by atoms with Crippen molar-refractivity contribution in [2.45, 2.75) is 125 Å². The van der Waals surface area contributed by atoms with Crippen LogP contribution in [-0.2, 0) is 37.7 Å². The average molecular weight is 509 g/mol. The van der Waals surface area contributed by atoms with Gasteiger partial charge in [-0.15, -0.1) is 0 Å². The zero-order valence-corrected chi connectivity index (χ0v) is 25.6. The summed E-state index contributed by atoms with van der Waals surface area (Å²) in [6.45, 7) is 28.8. The van der Waals surface area contributed by atoms with Gasteiger partial charge >= 0.3 is 11.9 Å². The van der Waals surface area contributed by atoms with Gasteiger partial charge in [0.15, 0.2) is 0 Å². The highest BCUT2D eigenvalue weighted by Crippen LogP contribution is 2.43. The summed E-state index contributed by atoms with van der Waals surface area (Å²) < 4.78 is 11.8. The lowest BCUT2D eigenvalue weighted by Crippen LogP contribution is -2.22. The maximum atomic E-state index is 12.3. The molecule has 0 saturated carbocycles. The molecule has 0 spiro atoms. The molecule has 2 aromatic rings. The molecule has 0 atom stereocenters. The third kappa shape index (κ3) is 7.69. The van der Waals surface area contributed by atoms with Crippen molar-refractivity contribution in [1.82, 2.24) is 0 Å². The van der Waals surface area contributed by atoms with E-state index in [1.54, 1.807) is 0 Å². The SMILES string of the molecule is CC(=O)Oc1c(Cc2cc(C(C)(C)C)cc(C(C)(C)C)c2OC(C)=O)cc(C(C)(C)C)cc1C(C)(C)C. The summed E-state index contributed by atoms with van der Waals surface area (Å²) in [7, 11) is 0. The molecule has 0 fully saturated rings. The van der Waals surface area contributed by atoms with Gasteiger partial charge in [-0.05, 0) is 32.8 Å². The van der Waals surface area contributed by atoms with Gasteiger partial charge in [0.2, 0.25) is 0 Å². The van der Waals surface area contributed by atoms with Crippen LogP contribution >= 0.6 is 0 Å². The molecule has 0 saturated heterocycles. The molecular weight excluding hydrogens is 460 g/mol. The Balaban J connectivity index is 3.01. The van der Waals surface area contributed by atoms with E-state index >= 15 is 0 Å². The van der Waals surface area contributed by atoms with Crippen molar-refractivity contribution in [2.24, 2.45) is 0 Å². The zero-order valence-electron chi connectivity index (χ0n) is 25.6. The molecule has 0 amide bonds. The number of carbonyl (C=O) groups excluding carboxylic acids is 2. The minimum Gasteiger partial charge on any atom is -0.426 e. The first-order valence-corrected chi connectivity index (χ1v) is 13.2. The fraction of sp³-hybridized carbons (Fsp3) is 0.576. The summed E-state index contributed by atoms with van der Waals surface area (Å²) >= 11 is 0. The Kier molecular flexibility index (Phi) is 8.49. The van der Waals surface area contributed by atoms with Crippen LogP contribution < -0.4 is 9.47 Å². The van der Waals surface area contributed by atoms with E-state index in [1.807, 2.05) is 0 Å². The Labute approximate surface area is 225 Å². The predicted octanol–water partition coefficient (Wildman–Crippen LogP) is 8.32. The molecule has 37 heavy (non-hydrogen) atoms. The topological polar surface area (TPSA) is 52.6 Å². The lowest BCUT2D eigenvalue weighted by molar-refractivity contribution is -0.132. The Morgan fingerprint density at radius 2 is 0.838 bits per heavy atom. The van der Waals surface area contributed by atoms with Crippen LogP contribution in [0.5, 0.6) is 11.5 Å². The van der Waals surface area contributed by atoms with Crippen LogP contribution in [0.1, 0.15) is 130 Å². The van der Waals surface area contributed by atoms with Crippen LogP contribution in [0.2, 0.25) is 0 Å². The van der Waals surface area contributed by atoms with Crippen LogP contribution in [0, 0.1) is 0 Å². The van der Waals surface area contributed by atoms with Crippen molar-refractivity contribution >= 4 is 11.9 Å². The third-order valence-corrected chi connectivity index (χ3v) is 6.55. The average Bonchev–Trinajstić information content (AvgIpc) is 2.65. The molecule has 0 radical (unpaired) electrons. The molecular formula is C33H48O4. The van der Waals surface area contributed by atoms with Crippen LogP contribution in [0.4, 0.5) is 0 Å². The lowest BCUT2D eigenvalue weighted by Gasteiger charge is -2.31. The molecule has 0 N–H and O–H groups in total.